The number of nitrogens with zero attached hydrogens (tertiary/aromatic N) is 2. The van der Waals surface area contributed by atoms with Crippen molar-refractivity contribution in [2.24, 2.45) is 0 Å². The maximum atomic E-state index is 13.6. The van der Waals surface area contributed by atoms with E-state index in [-0.39, 0.29) is 15.5 Å². The largest absolute Gasteiger partial charge is 0.490 e. The number of carbonyl (C=O) groups is 1. The van der Waals surface area contributed by atoms with Gasteiger partial charge in [0.15, 0.2) is 0 Å². The Bertz CT molecular complexity index is 1340. The molecule has 2 heterocycles. The van der Waals surface area contributed by atoms with E-state index in [2.05, 4.69) is 0 Å². The number of ether oxygens (including phenoxy) is 2. The average Bonchev–Trinajstić information content (AvgIpc) is 3.08. The Morgan fingerprint density at radius 2 is 2.07 bits per heavy atom. The van der Waals surface area contributed by atoms with Crippen molar-refractivity contribution in [3.63, 3.8) is 0 Å². The number of fused-ring (bicyclic) bond motifs is 2. The van der Waals surface area contributed by atoms with Crippen molar-refractivity contribution in [2.45, 2.75) is 32.9 Å². The van der Waals surface area contributed by atoms with Crippen LogP contribution in [0.3, 0.4) is 0 Å². The lowest BCUT2D eigenvalue weighted by Crippen LogP contribution is -2.37. The Kier molecular flexibility index (Phi) is 3.38. The molecule has 1 aliphatic heterocycles. The summed E-state index contributed by atoms with van der Waals surface area (Å²) in [7, 11) is 0. The van der Waals surface area contributed by atoms with Gasteiger partial charge in [0.1, 0.15) is 23.7 Å². The Labute approximate surface area is 182 Å². The first kappa shape index (κ1) is 13.5. The zero-order valence-corrected chi connectivity index (χ0v) is 16.7. The normalized spacial score (nSPS) is 22.6. The smallest absolute Gasteiger partial charge is 0.410 e. The molecule has 1 aromatic heterocycles. The molecular weight excluding hydrogens is 395 g/mol. The summed E-state index contributed by atoms with van der Waals surface area (Å²) in [6.07, 6.45) is 0.190. The first-order chi connectivity index (χ1) is 16.0. The van der Waals surface area contributed by atoms with Crippen LogP contribution in [0.15, 0.2) is 42.6 Å². The second-order valence-electron chi connectivity index (χ2n) is 7.44. The highest BCUT2D eigenvalue weighted by molar-refractivity contribution is 6.32. The number of hydrogen-bond donors (Lipinski definition) is 0. The van der Waals surface area contributed by atoms with Crippen molar-refractivity contribution in [2.75, 3.05) is 13.1 Å². The van der Waals surface area contributed by atoms with Crippen LogP contribution < -0.4 is 4.74 Å². The number of carbonyl (C=O) groups excluding carboxylic acids is 1. The summed E-state index contributed by atoms with van der Waals surface area (Å²) in [6.45, 7) is -4.92. The number of rotatable bonds is 1. The Balaban J connectivity index is 1.96. The lowest BCUT2D eigenvalue weighted by molar-refractivity contribution is 0.0225. The molecule has 2 aromatic carbocycles. The summed E-state index contributed by atoms with van der Waals surface area (Å²) in [5.74, 6) is -0.889. The molecule has 1 aliphatic rings. The molecule has 0 atom stereocenters. The van der Waals surface area contributed by atoms with E-state index in [1.807, 2.05) is 0 Å². The third-order valence-electron chi connectivity index (χ3n) is 4.08. The molecule has 1 amide bonds. The summed E-state index contributed by atoms with van der Waals surface area (Å²) in [5, 5.41) is 0.356. The van der Waals surface area contributed by atoms with E-state index in [0.29, 0.717) is 16.6 Å². The number of halogens is 2. The quantitative estimate of drug-likeness (QED) is 0.516. The Hall–Kier alpha value is -2.73. The van der Waals surface area contributed by atoms with Gasteiger partial charge in [0.2, 0.25) is 0 Å². The van der Waals surface area contributed by atoms with Gasteiger partial charge < -0.3 is 18.9 Å². The summed E-state index contributed by atoms with van der Waals surface area (Å²) in [6, 6.07) is 8.42. The number of aromatic nitrogens is 1. The molecule has 0 N–H and O–H groups in total. The summed E-state index contributed by atoms with van der Waals surface area (Å²) in [4.78, 5) is 13.1. The van der Waals surface area contributed by atoms with Gasteiger partial charge in [0.25, 0.3) is 0 Å². The number of benzene rings is 2. The number of amides is 1. The van der Waals surface area contributed by atoms with Crippen LogP contribution >= 0.6 is 11.6 Å². The highest BCUT2D eigenvalue weighted by Crippen LogP contribution is 2.35. The van der Waals surface area contributed by atoms with Gasteiger partial charge in [0.05, 0.1) is 31.8 Å². The minimum atomic E-state index is -3.31. The van der Waals surface area contributed by atoms with Crippen LogP contribution in [0.4, 0.5) is 9.18 Å². The fourth-order valence-corrected chi connectivity index (χ4v) is 3.16. The van der Waals surface area contributed by atoms with E-state index in [9.17, 15) is 9.18 Å². The molecule has 0 saturated heterocycles. The van der Waals surface area contributed by atoms with E-state index in [1.165, 1.54) is 51.1 Å². The van der Waals surface area contributed by atoms with E-state index in [1.54, 1.807) is 16.8 Å². The van der Waals surface area contributed by atoms with Crippen LogP contribution in [0.2, 0.25) is 5.02 Å². The van der Waals surface area contributed by atoms with Gasteiger partial charge in [0, 0.05) is 22.8 Å². The zero-order chi connectivity index (χ0) is 26.1. The topological polar surface area (TPSA) is 43.7 Å². The van der Waals surface area contributed by atoms with Crippen molar-refractivity contribution >= 4 is 28.6 Å². The lowest BCUT2D eigenvalue weighted by Gasteiger charge is -2.26. The van der Waals surface area contributed by atoms with Crippen LogP contribution in [0.25, 0.3) is 16.6 Å². The van der Waals surface area contributed by atoms with E-state index in [0.717, 1.165) is 0 Å². The van der Waals surface area contributed by atoms with Gasteiger partial charge in [-0.1, -0.05) is 11.6 Å². The SMILES string of the molecule is [2H]C1([2H])c2cc(-n3ccc4cc(F)ccc43)cc(Cl)c2OC([2H])([2H])C([2H])([2H])N1C(=O)OC(C)(C)C. The second kappa shape index (κ2) is 7.26. The third kappa shape index (κ3) is 4.03. The van der Waals surface area contributed by atoms with Gasteiger partial charge in [-0.3, -0.25) is 0 Å². The maximum Gasteiger partial charge on any atom is 0.410 e. The zero-order valence-electron chi connectivity index (χ0n) is 21.9. The molecular formula is C22H22ClFN2O3. The molecule has 0 unspecified atom stereocenters. The minimum Gasteiger partial charge on any atom is -0.490 e. The van der Waals surface area contributed by atoms with Crippen LogP contribution in [-0.4, -0.2) is 34.2 Å². The lowest BCUT2D eigenvalue weighted by atomic mass is 10.1. The molecule has 0 aliphatic carbocycles. The summed E-state index contributed by atoms with van der Waals surface area (Å²) >= 11 is 6.41. The second-order valence-corrected chi connectivity index (χ2v) is 7.84. The Morgan fingerprint density at radius 1 is 1.28 bits per heavy atom. The molecule has 0 radical (unpaired) electrons. The van der Waals surface area contributed by atoms with E-state index < -0.39 is 42.8 Å². The minimum absolute atomic E-state index is 0.0559. The maximum absolute atomic E-state index is 13.6. The van der Waals surface area contributed by atoms with Crippen molar-refractivity contribution < 1.29 is 26.9 Å². The molecule has 5 nitrogen and oxygen atoms in total. The van der Waals surface area contributed by atoms with Gasteiger partial charge in [-0.05, 0) is 57.2 Å². The molecule has 0 spiro atoms. The van der Waals surface area contributed by atoms with Crippen molar-refractivity contribution in [1.82, 2.24) is 9.47 Å². The third-order valence-corrected chi connectivity index (χ3v) is 4.36. The van der Waals surface area contributed by atoms with Crippen molar-refractivity contribution in [3.8, 4) is 11.4 Å². The number of hydrogen-bond acceptors (Lipinski definition) is 3. The van der Waals surface area contributed by atoms with E-state index in [4.69, 9.17) is 29.3 Å². The monoisotopic (exact) mass is 422 g/mol. The first-order valence-corrected chi connectivity index (χ1v) is 9.17. The van der Waals surface area contributed by atoms with Crippen molar-refractivity contribution in [1.29, 1.82) is 0 Å². The molecule has 3 aromatic rings. The predicted octanol–water partition coefficient (Wildman–Crippen LogP) is 5.55. The van der Waals surface area contributed by atoms with Crippen LogP contribution in [0.5, 0.6) is 5.75 Å². The highest BCUT2D eigenvalue weighted by atomic mass is 35.5. The Morgan fingerprint density at radius 3 is 2.83 bits per heavy atom. The van der Waals surface area contributed by atoms with Crippen LogP contribution in [0, 0.1) is 5.82 Å². The molecule has 29 heavy (non-hydrogen) atoms. The fraction of sp³-hybridized carbons (Fsp3) is 0.318. The summed E-state index contributed by atoms with van der Waals surface area (Å²) < 4.78 is 76.4. The fourth-order valence-electron chi connectivity index (χ4n) is 2.91. The van der Waals surface area contributed by atoms with Gasteiger partial charge in [-0.25, -0.2) is 9.18 Å². The molecule has 0 bridgehead atoms. The first-order valence-electron chi connectivity index (χ1n) is 11.8. The van der Waals surface area contributed by atoms with Crippen LogP contribution in [-0.2, 0) is 11.2 Å². The van der Waals surface area contributed by atoms with Crippen LogP contribution in [0.1, 0.15) is 34.6 Å². The standard InChI is InChI=1S/C22H22ClFN2O3/c1-22(2,3)29-21(27)25-8-9-28-20-15(13-25)11-17(12-18(20)23)26-7-6-14-10-16(24)4-5-19(14)26/h4-7,10-12H,8-9,13H2,1-3H3/i8D2,9D2,13D2. The molecule has 4 rings (SSSR count). The molecule has 7 heteroatoms. The molecule has 0 fully saturated rings. The van der Waals surface area contributed by atoms with Gasteiger partial charge in [-0.15, -0.1) is 0 Å². The van der Waals surface area contributed by atoms with Crippen molar-refractivity contribution in [3.05, 3.63) is 59.0 Å². The highest BCUT2D eigenvalue weighted by Gasteiger charge is 2.26. The van der Waals surface area contributed by atoms with Gasteiger partial charge >= 0.3 is 6.09 Å². The van der Waals surface area contributed by atoms with E-state index >= 15 is 0 Å². The summed E-state index contributed by atoms with van der Waals surface area (Å²) in [5.41, 5.74) is -0.632. The average molecular weight is 423 g/mol. The predicted molar refractivity (Wildman–Crippen MR) is 110 cm³/mol. The van der Waals surface area contributed by atoms with Gasteiger partial charge in [-0.2, -0.15) is 0 Å². The molecule has 152 valence electrons. The molecule has 0 saturated carbocycles.